The summed E-state index contributed by atoms with van der Waals surface area (Å²) in [4.78, 5) is 23.6. The van der Waals surface area contributed by atoms with Gasteiger partial charge in [0, 0.05) is 13.1 Å². The second-order valence-corrected chi connectivity index (χ2v) is 2.59. The highest BCUT2D eigenvalue weighted by Gasteiger charge is 2.10. The maximum Gasteiger partial charge on any atom is 0.307 e. The predicted molar refractivity (Wildman–Crippen MR) is 52.3 cm³/mol. The second kappa shape index (κ2) is 6.96. The molecule has 0 fully saturated rings. The lowest BCUT2D eigenvalue weighted by atomic mass is 10.3. The van der Waals surface area contributed by atoms with Crippen LogP contribution in [0.15, 0.2) is 0 Å². The van der Waals surface area contributed by atoms with Crippen LogP contribution >= 0.6 is 0 Å². The van der Waals surface area contributed by atoms with Crippen LogP contribution in [0, 0.1) is 11.8 Å². The third kappa shape index (κ3) is 4.51. The molecule has 0 saturated heterocycles. The van der Waals surface area contributed by atoms with E-state index in [0.29, 0.717) is 13.1 Å². The summed E-state index contributed by atoms with van der Waals surface area (Å²) in [6.45, 7) is 4.35. The van der Waals surface area contributed by atoms with Crippen molar-refractivity contribution in [3.63, 3.8) is 0 Å². The Kier molecular flexibility index (Phi) is 6.21. The molecule has 1 amide bonds. The summed E-state index contributed by atoms with van der Waals surface area (Å²) in [5.74, 6) is 4.38. The number of nitrogens with zero attached hydrogens (tertiary/aromatic N) is 1. The fourth-order valence-corrected chi connectivity index (χ4v) is 0.918. The standard InChI is InChI=1S/C10H15NO3/c1-4-6-9(12)11(5-2)8-7-10(13)14-3/h5,7-8H2,1-3H3. The molecule has 4 heteroatoms. The van der Waals surface area contributed by atoms with Gasteiger partial charge < -0.3 is 9.64 Å². The maximum absolute atomic E-state index is 11.3. The van der Waals surface area contributed by atoms with Crippen molar-refractivity contribution < 1.29 is 14.3 Å². The predicted octanol–water partition coefficient (Wildman–Crippen LogP) is 0.421. The highest BCUT2D eigenvalue weighted by atomic mass is 16.5. The zero-order valence-corrected chi connectivity index (χ0v) is 8.79. The van der Waals surface area contributed by atoms with Gasteiger partial charge in [0.25, 0.3) is 5.91 Å². The van der Waals surface area contributed by atoms with Crippen molar-refractivity contribution in [1.29, 1.82) is 0 Å². The van der Waals surface area contributed by atoms with E-state index in [1.54, 1.807) is 6.92 Å². The first-order valence-electron chi connectivity index (χ1n) is 4.44. The second-order valence-electron chi connectivity index (χ2n) is 2.59. The summed E-state index contributed by atoms with van der Waals surface area (Å²) in [7, 11) is 1.33. The monoisotopic (exact) mass is 197 g/mol. The van der Waals surface area contributed by atoms with E-state index < -0.39 is 0 Å². The van der Waals surface area contributed by atoms with Gasteiger partial charge in [-0.15, -0.1) is 0 Å². The van der Waals surface area contributed by atoms with E-state index in [2.05, 4.69) is 16.6 Å². The van der Waals surface area contributed by atoms with E-state index >= 15 is 0 Å². The largest absolute Gasteiger partial charge is 0.469 e. The van der Waals surface area contributed by atoms with Gasteiger partial charge in [-0.2, -0.15) is 0 Å². The first-order valence-corrected chi connectivity index (χ1v) is 4.44. The maximum atomic E-state index is 11.3. The lowest BCUT2D eigenvalue weighted by Gasteiger charge is -2.16. The lowest BCUT2D eigenvalue weighted by molar-refractivity contribution is -0.141. The van der Waals surface area contributed by atoms with Crippen LogP contribution in [0.2, 0.25) is 0 Å². The van der Waals surface area contributed by atoms with Gasteiger partial charge in [0.1, 0.15) is 0 Å². The minimum Gasteiger partial charge on any atom is -0.469 e. The first kappa shape index (κ1) is 12.5. The van der Waals surface area contributed by atoms with Crippen molar-refractivity contribution in [2.24, 2.45) is 0 Å². The number of carbonyl (C=O) groups excluding carboxylic acids is 2. The van der Waals surface area contributed by atoms with Crippen molar-refractivity contribution >= 4 is 11.9 Å². The Balaban J connectivity index is 4.07. The molecule has 0 aliphatic carbocycles. The molecule has 0 aliphatic heterocycles. The molecular formula is C10H15NO3. The topological polar surface area (TPSA) is 46.6 Å². The Morgan fingerprint density at radius 1 is 1.43 bits per heavy atom. The molecule has 0 atom stereocenters. The molecular weight excluding hydrogens is 182 g/mol. The van der Waals surface area contributed by atoms with Crippen molar-refractivity contribution in [3.05, 3.63) is 0 Å². The number of ether oxygens (including phenoxy) is 1. The highest BCUT2D eigenvalue weighted by Crippen LogP contribution is 1.93. The first-order chi connectivity index (χ1) is 6.65. The van der Waals surface area contributed by atoms with Crippen LogP contribution in [0.5, 0.6) is 0 Å². The average molecular weight is 197 g/mol. The molecule has 0 rings (SSSR count). The molecule has 0 aliphatic rings. The number of rotatable bonds is 4. The average Bonchev–Trinajstić information content (AvgIpc) is 2.18. The Bertz CT molecular complexity index is 262. The third-order valence-corrected chi connectivity index (χ3v) is 1.71. The fraction of sp³-hybridized carbons (Fsp3) is 0.600. The normalized spacial score (nSPS) is 8.50. The van der Waals surface area contributed by atoms with Crippen LogP contribution in [0.25, 0.3) is 0 Å². The number of hydrogen-bond donors (Lipinski definition) is 0. The van der Waals surface area contributed by atoms with Crippen LogP contribution < -0.4 is 0 Å². The minimum atomic E-state index is -0.319. The molecule has 0 heterocycles. The summed E-state index contributed by atoms with van der Waals surface area (Å²) in [6, 6.07) is 0. The van der Waals surface area contributed by atoms with E-state index in [1.165, 1.54) is 12.0 Å². The van der Waals surface area contributed by atoms with Crippen LogP contribution in [-0.2, 0) is 14.3 Å². The Morgan fingerprint density at radius 2 is 2.07 bits per heavy atom. The van der Waals surface area contributed by atoms with Gasteiger partial charge in [0.15, 0.2) is 0 Å². The van der Waals surface area contributed by atoms with Gasteiger partial charge in [-0.25, -0.2) is 0 Å². The van der Waals surface area contributed by atoms with E-state index in [1.807, 2.05) is 6.92 Å². The van der Waals surface area contributed by atoms with Gasteiger partial charge in [0.2, 0.25) is 0 Å². The smallest absolute Gasteiger partial charge is 0.307 e. The van der Waals surface area contributed by atoms with E-state index in [4.69, 9.17) is 0 Å². The number of esters is 1. The summed E-state index contributed by atoms with van der Waals surface area (Å²) in [5.41, 5.74) is 0. The molecule has 0 aromatic carbocycles. The molecule has 0 bridgehead atoms. The summed E-state index contributed by atoms with van der Waals surface area (Å²) < 4.78 is 4.47. The highest BCUT2D eigenvalue weighted by molar-refractivity contribution is 5.93. The molecule has 0 radical (unpaired) electrons. The van der Waals surface area contributed by atoms with Gasteiger partial charge >= 0.3 is 5.97 Å². The quantitative estimate of drug-likeness (QED) is 0.484. The van der Waals surface area contributed by atoms with Crippen molar-refractivity contribution in [3.8, 4) is 11.8 Å². The zero-order chi connectivity index (χ0) is 11.0. The molecule has 14 heavy (non-hydrogen) atoms. The third-order valence-electron chi connectivity index (χ3n) is 1.71. The van der Waals surface area contributed by atoms with Crippen molar-refractivity contribution in [2.75, 3.05) is 20.2 Å². The van der Waals surface area contributed by atoms with Crippen molar-refractivity contribution in [1.82, 2.24) is 4.90 Å². The van der Waals surface area contributed by atoms with Crippen molar-refractivity contribution in [2.45, 2.75) is 20.3 Å². The Labute approximate surface area is 84.2 Å². The molecule has 0 N–H and O–H groups in total. The summed E-state index contributed by atoms with van der Waals surface area (Å²) in [5, 5.41) is 0. The number of hydrogen-bond acceptors (Lipinski definition) is 3. The molecule has 0 unspecified atom stereocenters. The van der Waals surface area contributed by atoms with Gasteiger partial charge in [-0.1, -0.05) is 5.92 Å². The summed E-state index contributed by atoms with van der Waals surface area (Å²) >= 11 is 0. The Morgan fingerprint density at radius 3 is 2.50 bits per heavy atom. The van der Waals surface area contributed by atoms with Crippen LogP contribution in [0.4, 0.5) is 0 Å². The van der Waals surface area contributed by atoms with E-state index in [9.17, 15) is 9.59 Å². The van der Waals surface area contributed by atoms with Gasteiger partial charge in [-0.05, 0) is 19.8 Å². The SMILES string of the molecule is CC#CC(=O)N(CC)CCC(=O)OC. The molecule has 4 nitrogen and oxygen atoms in total. The van der Waals surface area contributed by atoms with Crippen LogP contribution in [-0.4, -0.2) is 37.0 Å². The Hall–Kier alpha value is -1.50. The van der Waals surface area contributed by atoms with Gasteiger partial charge in [0.05, 0.1) is 13.5 Å². The van der Waals surface area contributed by atoms with E-state index in [0.717, 1.165) is 0 Å². The van der Waals surface area contributed by atoms with E-state index in [-0.39, 0.29) is 18.3 Å². The molecule has 0 spiro atoms. The minimum absolute atomic E-state index is 0.210. The lowest BCUT2D eigenvalue weighted by Crippen LogP contribution is -2.31. The molecule has 0 aromatic heterocycles. The molecule has 0 aromatic rings. The fourth-order valence-electron chi connectivity index (χ4n) is 0.918. The number of amides is 1. The molecule has 78 valence electrons. The van der Waals surface area contributed by atoms with Crippen LogP contribution in [0.3, 0.4) is 0 Å². The van der Waals surface area contributed by atoms with Crippen LogP contribution in [0.1, 0.15) is 20.3 Å². The zero-order valence-electron chi connectivity index (χ0n) is 8.79. The van der Waals surface area contributed by atoms with Gasteiger partial charge in [-0.3, -0.25) is 9.59 Å². The summed E-state index contributed by atoms with van der Waals surface area (Å²) in [6.07, 6.45) is 0.210. The number of carbonyl (C=O) groups is 2. The number of methoxy groups -OCH3 is 1. The molecule has 0 saturated carbocycles.